The third kappa shape index (κ3) is 3.39. The van der Waals surface area contributed by atoms with E-state index in [4.69, 9.17) is 5.73 Å². The molecular formula is C10H10N6OS. The highest BCUT2D eigenvalue weighted by Crippen LogP contribution is 2.19. The average Bonchev–Trinajstić information content (AvgIpc) is 2.39. The van der Waals surface area contributed by atoms with Gasteiger partial charge in [-0.25, -0.2) is 19.9 Å². The van der Waals surface area contributed by atoms with Gasteiger partial charge < -0.3 is 5.73 Å². The van der Waals surface area contributed by atoms with Crippen LogP contribution < -0.4 is 11.1 Å². The molecule has 0 fully saturated rings. The van der Waals surface area contributed by atoms with Crippen LogP contribution in [0.15, 0.2) is 35.9 Å². The highest BCUT2D eigenvalue weighted by Gasteiger charge is 2.07. The van der Waals surface area contributed by atoms with Gasteiger partial charge in [0.1, 0.15) is 5.03 Å². The number of nitrogen functional groups attached to an aromatic ring is 1. The third-order valence-electron chi connectivity index (χ3n) is 1.85. The summed E-state index contributed by atoms with van der Waals surface area (Å²) in [5.74, 6) is 0.527. The van der Waals surface area contributed by atoms with E-state index in [1.165, 1.54) is 24.2 Å². The molecule has 0 saturated heterocycles. The zero-order valence-corrected chi connectivity index (χ0v) is 10.1. The Morgan fingerprint density at radius 2 is 1.89 bits per heavy atom. The van der Waals surface area contributed by atoms with Crippen LogP contribution in [0.2, 0.25) is 0 Å². The first-order valence-corrected chi connectivity index (χ1v) is 6.00. The van der Waals surface area contributed by atoms with Crippen LogP contribution >= 0.6 is 11.8 Å². The van der Waals surface area contributed by atoms with Gasteiger partial charge in [0.2, 0.25) is 11.9 Å². The second-order valence-corrected chi connectivity index (χ2v) is 4.12. The quantitative estimate of drug-likeness (QED) is 0.776. The molecule has 0 spiro atoms. The first kappa shape index (κ1) is 12.2. The van der Waals surface area contributed by atoms with Gasteiger partial charge in [-0.05, 0) is 6.07 Å². The van der Waals surface area contributed by atoms with Gasteiger partial charge in [-0.15, -0.1) is 0 Å². The minimum absolute atomic E-state index is 0.168. The van der Waals surface area contributed by atoms with E-state index < -0.39 is 0 Å². The summed E-state index contributed by atoms with van der Waals surface area (Å²) in [6, 6.07) is 1.67. The molecule has 0 aliphatic heterocycles. The maximum Gasteiger partial charge on any atom is 0.237 e. The largest absolute Gasteiger partial charge is 0.381 e. The van der Waals surface area contributed by atoms with Gasteiger partial charge in [-0.1, -0.05) is 11.8 Å². The molecule has 0 radical (unpaired) electrons. The summed E-state index contributed by atoms with van der Waals surface area (Å²) in [5, 5.41) is 3.09. The van der Waals surface area contributed by atoms with Crippen LogP contribution in [-0.4, -0.2) is 31.6 Å². The summed E-state index contributed by atoms with van der Waals surface area (Å²) in [7, 11) is 0. The molecule has 0 atom stereocenters. The molecule has 0 bridgehead atoms. The Bertz CT molecular complexity index is 535. The van der Waals surface area contributed by atoms with Gasteiger partial charge in [0.25, 0.3) is 0 Å². The number of nitrogens with two attached hydrogens (primary N) is 1. The lowest BCUT2D eigenvalue weighted by molar-refractivity contribution is -0.113. The molecule has 92 valence electrons. The maximum atomic E-state index is 11.6. The summed E-state index contributed by atoms with van der Waals surface area (Å²) in [6.07, 6.45) is 6.13. The number of hydrogen-bond donors (Lipinski definition) is 2. The zero-order valence-electron chi connectivity index (χ0n) is 9.28. The molecule has 0 aromatic carbocycles. The van der Waals surface area contributed by atoms with Gasteiger partial charge in [0.15, 0.2) is 5.82 Å². The van der Waals surface area contributed by atoms with Gasteiger partial charge in [0.05, 0.1) is 5.75 Å². The van der Waals surface area contributed by atoms with Crippen LogP contribution in [0.3, 0.4) is 0 Å². The molecule has 2 heterocycles. The summed E-state index contributed by atoms with van der Waals surface area (Å²) >= 11 is 1.21. The maximum absolute atomic E-state index is 11.6. The molecule has 0 unspecified atom stereocenters. The van der Waals surface area contributed by atoms with Crippen LogP contribution in [0.4, 0.5) is 11.8 Å². The lowest BCUT2D eigenvalue weighted by Crippen LogP contribution is -2.16. The molecule has 8 heteroatoms. The average molecular weight is 262 g/mol. The molecular weight excluding hydrogens is 252 g/mol. The van der Waals surface area contributed by atoms with Gasteiger partial charge in [-0.2, -0.15) is 0 Å². The standard InChI is InChI=1S/C10H10N6OS/c11-8-9(13-5-4-12-8)18-6-7(17)16-10-14-2-1-3-15-10/h1-5H,6H2,(H2,11,12)(H,14,15,16,17). The zero-order chi connectivity index (χ0) is 12.8. The number of anilines is 2. The molecule has 18 heavy (non-hydrogen) atoms. The van der Waals surface area contributed by atoms with Crippen LogP contribution in [0.25, 0.3) is 0 Å². The molecule has 0 saturated carbocycles. The third-order valence-corrected chi connectivity index (χ3v) is 2.84. The predicted octanol–water partition coefficient (Wildman–Crippen LogP) is 0.580. The topological polar surface area (TPSA) is 107 Å². The molecule has 0 aliphatic rings. The van der Waals surface area contributed by atoms with Crippen molar-refractivity contribution in [3.63, 3.8) is 0 Å². The van der Waals surface area contributed by atoms with Gasteiger partial charge in [-0.3, -0.25) is 10.1 Å². The van der Waals surface area contributed by atoms with Crippen molar-refractivity contribution < 1.29 is 4.79 Å². The fourth-order valence-electron chi connectivity index (χ4n) is 1.11. The van der Waals surface area contributed by atoms with E-state index in [1.54, 1.807) is 18.5 Å². The molecule has 2 rings (SSSR count). The fraction of sp³-hybridized carbons (Fsp3) is 0.100. The van der Waals surface area contributed by atoms with E-state index in [0.29, 0.717) is 10.8 Å². The predicted molar refractivity (Wildman–Crippen MR) is 67.8 cm³/mol. The van der Waals surface area contributed by atoms with E-state index >= 15 is 0 Å². The van der Waals surface area contributed by atoms with E-state index in [2.05, 4.69) is 25.3 Å². The number of thioether (sulfide) groups is 1. The Morgan fingerprint density at radius 3 is 2.61 bits per heavy atom. The molecule has 7 nitrogen and oxygen atoms in total. The van der Waals surface area contributed by atoms with Gasteiger partial charge in [0, 0.05) is 24.8 Å². The highest BCUT2D eigenvalue weighted by molar-refractivity contribution is 8.00. The monoisotopic (exact) mass is 262 g/mol. The second-order valence-electron chi connectivity index (χ2n) is 3.16. The van der Waals surface area contributed by atoms with Gasteiger partial charge >= 0.3 is 0 Å². The number of carbonyl (C=O) groups excluding carboxylic acids is 1. The first-order chi connectivity index (χ1) is 8.75. The Balaban J connectivity index is 1.88. The normalized spacial score (nSPS) is 10.0. The van der Waals surface area contributed by atoms with Crippen LogP contribution in [0.1, 0.15) is 0 Å². The molecule has 2 aromatic heterocycles. The number of nitrogens with one attached hydrogen (secondary N) is 1. The summed E-state index contributed by atoms with van der Waals surface area (Å²) < 4.78 is 0. The molecule has 2 aromatic rings. The van der Waals surface area contributed by atoms with Crippen LogP contribution in [0.5, 0.6) is 0 Å². The van der Waals surface area contributed by atoms with Crippen LogP contribution in [0, 0.1) is 0 Å². The SMILES string of the molecule is Nc1nccnc1SCC(=O)Nc1ncccn1. The first-order valence-electron chi connectivity index (χ1n) is 5.02. The summed E-state index contributed by atoms with van der Waals surface area (Å²) in [4.78, 5) is 27.3. The summed E-state index contributed by atoms with van der Waals surface area (Å²) in [5.41, 5.74) is 5.61. The molecule has 3 N–H and O–H groups in total. The number of nitrogens with zero attached hydrogens (tertiary/aromatic N) is 4. The number of rotatable bonds is 4. The summed E-state index contributed by atoms with van der Waals surface area (Å²) in [6.45, 7) is 0. The van der Waals surface area contributed by atoms with Crippen LogP contribution in [-0.2, 0) is 4.79 Å². The Labute approximate surface area is 107 Å². The smallest absolute Gasteiger partial charge is 0.237 e. The minimum atomic E-state index is -0.226. The van der Waals surface area contributed by atoms with Crippen molar-refractivity contribution in [1.29, 1.82) is 0 Å². The number of aromatic nitrogens is 4. The van der Waals surface area contributed by atoms with E-state index in [9.17, 15) is 4.79 Å². The van der Waals surface area contributed by atoms with Crippen molar-refractivity contribution in [2.45, 2.75) is 5.03 Å². The number of carbonyl (C=O) groups is 1. The molecule has 0 aliphatic carbocycles. The fourth-order valence-corrected chi connectivity index (χ4v) is 1.78. The van der Waals surface area contributed by atoms with Crippen molar-refractivity contribution in [2.75, 3.05) is 16.8 Å². The number of amides is 1. The highest BCUT2D eigenvalue weighted by atomic mass is 32.2. The Morgan fingerprint density at radius 1 is 1.17 bits per heavy atom. The van der Waals surface area contributed by atoms with E-state index in [-0.39, 0.29) is 17.6 Å². The van der Waals surface area contributed by atoms with Crippen molar-refractivity contribution >= 4 is 29.4 Å². The Kier molecular flexibility index (Phi) is 4.02. The second kappa shape index (κ2) is 5.92. The van der Waals surface area contributed by atoms with E-state index in [0.717, 1.165) is 0 Å². The number of hydrogen-bond acceptors (Lipinski definition) is 7. The molecule has 1 amide bonds. The Hall–Kier alpha value is -2.22. The lowest BCUT2D eigenvalue weighted by atomic mass is 10.6. The van der Waals surface area contributed by atoms with Crippen molar-refractivity contribution in [1.82, 2.24) is 19.9 Å². The lowest BCUT2D eigenvalue weighted by Gasteiger charge is -2.03. The van der Waals surface area contributed by atoms with Crippen molar-refractivity contribution in [3.8, 4) is 0 Å². The minimum Gasteiger partial charge on any atom is -0.381 e. The van der Waals surface area contributed by atoms with E-state index in [1.807, 2.05) is 0 Å². The van der Waals surface area contributed by atoms with Crippen molar-refractivity contribution in [3.05, 3.63) is 30.9 Å². The van der Waals surface area contributed by atoms with Crippen molar-refractivity contribution in [2.24, 2.45) is 0 Å².